The lowest BCUT2D eigenvalue weighted by atomic mass is 10.1. The van der Waals surface area contributed by atoms with Crippen LogP contribution < -0.4 is 4.74 Å². The molecule has 0 saturated carbocycles. The molecule has 0 fully saturated rings. The van der Waals surface area contributed by atoms with Crippen molar-refractivity contribution in [1.29, 1.82) is 0 Å². The second-order valence-electron chi connectivity index (χ2n) is 5.66. The number of hydrogen-bond acceptors (Lipinski definition) is 4. The van der Waals surface area contributed by atoms with Crippen molar-refractivity contribution in [2.75, 3.05) is 13.7 Å². The Morgan fingerprint density at radius 3 is 2.96 bits per heavy atom. The van der Waals surface area contributed by atoms with E-state index in [1.807, 2.05) is 19.2 Å². The van der Waals surface area contributed by atoms with E-state index in [1.165, 1.54) is 4.31 Å². The number of aryl methyl sites for hydroxylation is 2. The number of benzene rings is 1. The largest absolute Gasteiger partial charge is 0.492 e. The van der Waals surface area contributed by atoms with Crippen LogP contribution in [0.15, 0.2) is 35.5 Å². The minimum absolute atomic E-state index is 0.250. The maximum Gasteiger partial charge on any atom is 0.246 e. The molecule has 2 heterocycles. The van der Waals surface area contributed by atoms with Gasteiger partial charge in [0.2, 0.25) is 10.0 Å². The van der Waals surface area contributed by atoms with Gasteiger partial charge >= 0.3 is 0 Å². The fraction of sp³-hybridized carbons (Fsp3) is 0.438. The fourth-order valence-corrected chi connectivity index (χ4v) is 4.06. The van der Waals surface area contributed by atoms with E-state index in [2.05, 4.69) is 5.10 Å². The van der Waals surface area contributed by atoms with Gasteiger partial charge in [0, 0.05) is 31.9 Å². The molecule has 1 aromatic carbocycles. The third-order valence-electron chi connectivity index (χ3n) is 4.00. The molecular formula is C16H21N3O3S. The van der Waals surface area contributed by atoms with Crippen LogP contribution in [0, 0.1) is 0 Å². The van der Waals surface area contributed by atoms with Crippen molar-refractivity contribution in [1.82, 2.24) is 14.1 Å². The van der Waals surface area contributed by atoms with Gasteiger partial charge in [0.15, 0.2) is 0 Å². The van der Waals surface area contributed by atoms with Gasteiger partial charge in [0.05, 0.1) is 12.8 Å². The van der Waals surface area contributed by atoms with Crippen molar-refractivity contribution in [2.45, 2.75) is 37.8 Å². The van der Waals surface area contributed by atoms with Gasteiger partial charge in [-0.2, -0.15) is 9.40 Å². The van der Waals surface area contributed by atoms with Crippen LogP contribution in [0.3, 0.4) is 0 Å². The Labute approximate surface area is 136 Å². The van der Waals surface area contributed by atoms with Crippen LogP contribution in [0.4, 0.5) is 0 Å². The summed E-state index contributed by atoms with van der Waals surface area (Å²) in [7, 11) is -2.02. The summed E-state index contributed by atoms with van der Waals surface area (Å²) in [5.74, 6) is 0.509. The number of nitrogens with zero attached hydrogens (tertiary/aromatic N) is 3. The quantitative estimate of drug-likeness (QED) is 0.839. The molecule has 6 nitrogen and oxygen atoms in total. The van der Waals surface area contributed by atoms with Gasteiger partial charge in [-0.1, -0.05) is 12.1 Å². The number of ether oxygens (including phenoxy) is 1. The first kappa shape index (κ1) is 16.0. The molecule has 1 aliphatic rings. The van der Waals surface area contributed by atoms with Crippen LogP contribution in [-0.2, 0) is 29.5 Å². The molecule has 0 unspecified atom stereocenters. The summed E-state index contributed by atoms with van der Waals surface area (Å²) in [4.78, 5) is 0.250. The normalized spacial score (nSPS) is 14.6. The van der Waals surface area contributed by atoms with E-state index in [-0.39, 0.29) is 11.4 Å². The minimum atomic E-state index is -3.60. The van der Waals surface area contributed by atoms with Crippen LogP contribution in [0.25, 0.3) is 0 Å². The fourth-order valence-electron chi connectivity index (χ4n) is 2.73. The molecule has 1 aromatic heterocycles. The third-order valence-corrected chi connectivity index (χ3v) is 5.83. The van der Waals surface area contributed by atoms with E-state index in [4.69, 9.17) is 4.74 Å². The first-order valence-electron chi connectivity index (χ1n) is 7.74. The lowest BCUT2D eigenvalue weighted by molar-refractivity contribution is 0.279. The Kier molecular flexibility index (Phi) is 4.41. The number of sulfonamides is 1. The number of aromatic nitrogens is 2. The molecule has 124 valence electrons. The monoisotopic (exact) mass is 335 g/mol. The topological polar surface area (TPSA) is 64.4 Å². The molecule has 1 aliphatic heterocycles. The highest BCUT2D eigenvalue weighted by atomic mass is 32.2. The minimum Gasteiger partial charge on any atom is -0.492 e. The first-order chi connectivity index (χ1) is 11.0. The number of fused-ring (bicyclic) bond motifs is 1. The Morgan fingerprint density at radius 1 is 1.39 bits per heavy atom. The Morgan fingerprint density at radius 2 is 2.22 bits per heavy atom. The summed E-state index contributed by atoms with van der Waals surface area (Å²) in [6, 6.07) is 5.33. The van der Waals surface area contributed by atoms with Crippen LogP contribution in [0.1, 0.15) is 24.5 Å². The molecule has 0 bridgehead atoms. The SMILES string of the molecule is CCn1cc(CN(C)S(=O)(=O)c2cccc3c2OCCC3)cn1. The summed E-state index contributed by atoms with van der Waals surface area (Å²) in [6.07, 6.45) is 5.34. The molecule has 2 aromatic rings. The van der Waals surface area contributed by atoms with Gasteiger partial charge in [-0.25, -0.2) is 8.42 Å². The predicted octanol–water partition coefficient (Wildman–Crippen LogP) is 2.05. The van der Waals surface area contributed by atoms with Gasteiger partial charge in [0.1, 0.15) is 10.6 Å². The summed E-state index contributed by atoms with van der Waals surface area (Å²) in [5, 5.41) is 4.18. The number of hydrogen-bond donors (Lipinski definition) is 0. The van der Waals surface area contributed by atoms with Crippen molar-refractivity contribution in [3.05, 3.63) is 41.7 Å². The molecule has 0 spiro atoms. The maximum atomic E-state index is 12.9. The zero-order chi connectivity index (χ0) is 16.4. The van der Waals surface area contributed by atoms with Crippen molar-refractivity contribution in [3.8, 4) is 5.75 Å². The number of rotatable bonds is 5. The average Bonchev–Trinajstić information content (AvgIpc) is 3.01. The zero-order valence-electron chi connectivity index (χ0n) is 13.4. The van der Waals surface area contributed by atoms with Crippen LogP contribution in [0.2, 0.25) is 0 Å². The van der Waals surface area contributed by atoms with Crippen LogP contribution in [-0.4, -0.2) is 36.2 Å². The first-order valence-corrected chi connectivity index (χ1v) is 9.18. The van der Waals surface area contributed by atoms with E-state index in [9.17, 15) is 8.42 Å². The van der Waals surface area contributed by atoms with E-state index < -0.39 is 10.0 Å². The third kappa shape index (κ3) is 3.11. The summed E-state index contributed by atoms with van der Waals surface area (Å²) in [5.41, 5.74) is 1.83. The summed E-state index contributed by atoms with van der Waals surface area (Å²) in [6.45, 7) is 3.60. The van der Waals surface area contributed by atoms with Gasteiger partial charge in [-0.3, -0.25) is 4.68 Å². The van der Waals surface area contributed by atoms with Crippen LogP contribution in [0.5, 0.6) is 5.75 Å². The molecule has 0 aliphatic carbocycles. The molecule has 0 radical (unpaired) electrons. The zero-order valence-corrected chi connectivity index (χ0v) is 14.2. The standard InChI is InChI=1S/C16H21N3O3S/c1-3-19-12-13(10-17-19)11-18(2)23(20,21)15-8-4-6-14-7-5-9-22-16(14)15/h4,6,8,10,12H,3,5,7,9,11H2,1-2H3. The highest BCUT2D eigenvalue weighted by Crippen LogP contribution is 2.33. The van der Waals surface area contributed by atoms with Gasteiger partial charge in [-0.15, -0.1) is 0 Å². The predicted molar refractivity (Wildman–Crippen MR) is 86.8 cm³/mol. The average molecular weight is 335 g/mol. The lowest BCUT2D eigenvalue weighted by Gasteiger charge is -2.23. The van der Waals surface area contributed by atoms with Crippen LogP contribution >= 0.6 is 0 Å². The second-order valence-corrected chi connectivity index (χ2v) is 7.68. The van der Waals surface area contributed by atoms with Crippen molar-refractivity contribution >= 4 is 10.0 Å². The summed E-state index contributed by atoms with van der Waals surface area (Å²) < 4.78 is 34.6. The molecule has 0 amide bonds. The van der Waals surface area contributed by atoms with Crippen molar-refractivity contribution in [3.63, 3.8) is 0 Å². The molecule has 0 saturated heterocycles. The highest BCUT2D eigenvalue weighted by Gasteiger charge is 2.28. The highest BCUT2D eigenvalue weighted by molar-refractivity contribution is 7.89. The molecule has 3 rings (SSSR count). The smallest absolute Gasteiger partial charge is 0.246 e. The van der Waals surface area contributed by atoms with Gasteiger partial charge in [-0.05, 0) is 31.4 Å². The summed E-state index contributed by atoms with van der Waals surface area (Å²) >= 11 is 0. The Bertz CT molecular complexity index is 799. The van der Waals surface area contributed by atoms with Crippen molar-refractivity contribution in [2.24, 2.45) is 0 Å². The molecular weight excluding hydrogens is 314 g/mol. The molecule has 0 N–H and O–H groups in total. The molecule has 0 atom stereocenters. The lowest BCUT2D eigenvalue weighted by Crippen LogP contribution is -2.27. The second kappa shape index (κ2) is 6.33. The van der Waals surface area contributed by atoms with Gasteiger partial charge < -0.3 is 4.74 Å². The van der Waals surface area contributed by atoms with E-state index >= 15 is 0 Å². The Balaban J connectivity index is 1.89. The number of para-hydroxylation sites is 1. The van der Waals surface area contributed by atoms with E-state index in [0.717, 1.165) is 30.5 Å². The van der Waals surface area contributed by atoms with Crippen molar-refractivity contribution < 1.29 is 13.2 Å². The maximum absolute atomic E-state index is 12.9. The van der Waals surface area contributed by atoms with E-state index in [1.54, 1.807) is 30.1 Å². The molecule has 23 heavy (non-hydrogen) atoms. The molecule has 7 heteroatoms. The Hall–Kier alpha value is -1.86. The van der Waals surface area contributed by atoms with E-state index in [0.29, 0.717) is 12.4 Å². The van der Waals surface area contributed by atoms with Gasteiger partial charge in [0.25, 0.3) is 0 Å².